The maximum atomic E-state index is 11.9. The Bertz CT molecular complexity index is 1090. The first-order valence-electron chi connectivity index (χ1n) is 9.54. The van der Waals surface area contributed by atoms with Crippen molar-refractivity contribution in [3.63, 3.8) is 0 Å². The number of sulfone groups is 1. The van der Waals surface area contributed by atoms with Gasteiger partial charge in [-0.3, -0.25) is 0 Å². The number of aromatic nitrogens is 2. The molecule has 1 fully saturated rings. The van der Waals surface area contributed by atoms with E-state index in [1.54, 1.807) is 18.2 Å². The molecule has 6 nitrogen and oxygen atoms in total. The molecule has 4 rings (SSSR count). The van der Waals surface area contributed by atoms with Crippen LogP contribution in [0.15, 0.2) is 53.7 Å². The number of fused-ring (bicyclic) bond motifs is 1. The summed E-state index contributed by atoms with van der Waals surface area (Å²) >= 11 is 0. The first kappa shape index (κ1) is 18.7. The van der Waals surface area contributed by atoms with Crippen molar-refractivity contribution in [2.45, 2.75) is 30.7 Å². The minimum absolute atomic E-state index is 0.270. The molecule has 1 aliphatic rings. The third-order valence-electron chi connectivity index (χ3n) is 5.17. The fourth-order valence-electron chi connectivity index (χ4n) is 3.69. The van der Waals surface area contributed by atoms with Gasteiger partial charge in [-0.1, -0.05) is 18.2 Å². The van der Waals surface area contributed by atoms with Crippen molar-refractivity contribution < 1.29 is 8.42 Å². The van der Waals surface area contributed by atoms with E-state index >= 15 is 0 Å². The van der Waals surface area contributed by atoms with Gasteiger partial charge in [0.25, 0.3) is 0 Å². The molecule has 0 aliphatic carbocycles. The van der Waals surface area contributed by atoms with Gasteiger partial charge in [0, 0.05) is 37.0 Å². The average Bonchev–Trinajstić information content (AvgIpc) is 2.72. The van der Waals surface area contributed by atoms with Crippen LogP contribution in [0.25, 0.3) is 10.9 Å². The molecular formula is C21H24N4O2S. The van der Waals surface area contributed by atoms with Crippen LogP contribution in [0, 0.1) is 0 Å². The third-order valence-corrected chi connectivity index (χ3v) is 6.28. The number of rotatable bonds is 5. The first-order valence-corrected chi connectivity index (χ1v) is 11.4. The van der Waals surface area contributed by atoms with Gasteiger partial charge in [0.1, 0.15) is 12.1 Å². The van der Waals surface area contributed by atoms with Gasteiger partial charge in [0.15, 0.2) is 9.84 Å². The van der Waals surface area contributed by atoms with Gasteiger partial charge in [-0.2, -0.15) is 0 Å². The molecule has 0 spiro atoms. The molecule has 7 heteroatoms. The van der Waals surface area contributed by atoms with Gasteiger partial charge in [0.2, 0.25) is 0 Å². The highest BCUT2D eigenvalue weighted by Crippen LogP contribution is 2.27. The molecule has 0 saturated carbocycles. The van der Waals surface area contributed by atoms with E-state index in [0.717, 1.165) is 13.1 Å². The molecule has 1 aromatic heterocycles. The smallest absolute Gasteiger partial charge is 0.175 e. The minimum Gasteiger partial charge on any atom is -0.371 e. The van der Waals surface area contributed by atoms with Crippen molar-refractivity contribution in [2.75, 3.05) is 29.6 Å². The predicted octanol–water partition coefficient (Wildman–Crippen LogP) is 3.64. The third kappa shape index (κ3) is 3.94. The molecule has 2 heterocycles. The average molecular weight is 397 g/mol. The second-order valence-corrected chi connectivity index (χ2v) is 9.22. The summed E-state index contributed by atoms with van der Waals surface area (Å²) in [6.07, 6.45) is 6.47. The number of para-hydroxylation sites is 1. The van der Waals surface area contributed by atoms with Crippen LogP contribution in [-0.2, 0) is 16.4 Å². The Kier molecular flexibility index (Phi) is 5.17. The number of hydrogen-bond acceptors (Lipinski definition) is 6. The highest BCUT2D eigenvalue weighted by Gasteiger charge is 2.15. The molecule has 0 atom stereocenters. The Balaban J connectivity index is 1.63. The lowest BCUT2D eigenvalue weighted by molar-refractivity contribution is 0.576. The maximum Gasteiger partial charge on any atom is 0.175 e. The molecule has 28 heavy (non-hydrogen) atoms. The predicted molar refractivity (Wildman–Crippen MR) is 112 cm³/mol. The van der Waals surface area contributed by atoms with Gasteiger partial charge in [-0.25, -0.2) is 18.4 Å². The van der Waals surface area contributed by atoms with Crippen LogP contribution in [0.4, 0.5) is 11.5 Å². The van der Waals surface area contributed by atoms with Crippen molar-refractivity contribution >= 4 is 32.2 Å². The van der Waals surface area contributed by atoms with Gasteiger partial charge in [0.05, 0.1) is 10.4 Å². The van der Waals surface area contributed by atoms with E-state index in [4.69, 9.17) is 0 Å². The Morgan fingerprint density at radius 2 is 1.82 bits per heavy atom. The molecular weight excluding hydrogens is 372 g/mol. The summed E-state index contributed by atoms with van der Waals surface area (Å²) in [4.78, 5) is 11.3. The molecule has 2 aromatic carbocycles. The van der Waals surface area contributed by atoms with Crippen LogP contribution in [0.3, 0.4) is 0 Å². The summed E-state index contributed by atoms with van der Waals surface area (Å²) in [7, 11) is -3.29. The van der Waals surface area contributed by atoms with E-state index in [1.807, 2.05) is 6.07 Å². The van der Waals surface area contributed by atoms with Crippen molar-refractivity contribution in [1.29, 1.82) is 0 Å². The number of nitrogens with one attached hydrogen (secondary N) is 1. The zero-order valence-corrected chi connectivity index (χ0v) is 16.7. The van der Waals surface area contributed by atoms with Gasteiger partial charge in [-0.15, -0.1) is 0 Å². The lowest BCUT2D eigenvalue weighted by Gasteiger charge is -2.30. The highest BCUT2D eigenvalue weighted by molar-refractivity contribution is 7.90. The van der Waals surface area contributed by atoms with Crippen molar-refractivity contribution in [1.82, 2.24) is 9.97 Å². The summed E-state index contributed by atoms with van der Waals surface area (Å²) in [6, 6.07) is 13.4. The first-order chi connectivity index (χ1) is 13.5. The number of anilines is 2. The van der Waals surface area contributed by atoms with Crippen molar-refractivity contribution in [3.8, 4) is 0 Å². The number of hydrogen-bond donors (Lipinski definition) is 1. The van der Waals surface area contributed by atoms with E-state index in [0.29, 0.717) is 23.3 Å². The Morgan fingerprint density at radius 1 is 1.04 bits per heavy atom. The number of nitrogens with zero attached hydrogens (tertiary/aromatic N) is 3. The molecule has 0 radical (unpaired) electrons. The van der Waals surface area contributed by atoms with E-state index in [2.05, 4.69) is 38.4 Å². The Labute approximate surface area is 165 Å². The molecule has 0 unspecified atom stereocenters. The van der Waals surface area contributed by atoms with E-state index < -0.39 is 9.84 Å². The second-order valence-electron chi connectivity index (χ2n) is 7.20. The van der Waals surface area contributed by atoms with Gasteiger partial charge < -0.3 is 10.2 Å². The topological polar surface area (TPSA) is 75.2 Å². The standard InChI is InChI=1S/C21H24N4O2S/c1-28(26,27)17-9-10-19-18(13-17)21(24-15-23-19)22-14-16-7-3-4-8-20(16)25-11-5-2-6-12-25/h3-4,7-10,13,15H,2,5-6,11-12,14H2,1H3,(H,22,23,24). The molecule has 1 aliphatic heterocycles. The second kappa shape index (κ2) is 7.75. The summed E-state index contributed by atoms with van der Waals surface area (Å²) in [5.41, 5.74) is 3.18. The highest BCUT2D eigenvalue weighted by atomic mass is 32.2. The fraction of sp³-hybridized carbons (Fsp3) is 0.333. The summed E-state index contributed by atoms with van der Waals surface area (Å²) in [6.45, 7) is 2.79. The Morgan fingerprint density at radius 3 is 2.61 bits per heavy atom. The van der Waals surface area contributed by atoms with E-state index in [9.17, 15) is 8.42 Å². The van der Waals surface area contributed by atoms with Crippen LogP contribution in [0.2, 0.25) is 0 Å². The lowest BCUT2D eigenvalue weighted by atomic mass is 10.1. The zero-order chi connectivity index (χ0) is 19.6. The molecule has 0 amide bonds. The number of piperidine rings is 1. The van der Waals surface area contributed by atoms with Gasteiger partial charge >= 0.3 is 0 Å². The molecule has 1 N–H and O–H groups in total. The normalized spacial score (nSPS) is 15.0. The van der Waals surface area contributed by atoms with Crippen LogP contribution in [0.1, 0.15) is 24.8 Å². The summed E-state index contributed by atoms with van der Waals surface area (Å²) < 4.78 is 23.8. The fourth-order valence-corrected chi connectivity index (χ4v) is 4.34. The maximum absolute atomic E-state index is 11.9. The SMILES string of the molecule is CS(=O)(=O)c1ccc2ncnc(NCc3ccccc3N3CCCCC3)c2c1. The zero-order valence-electron chi connectivity index (χ0n) is 15.9. The summed E-state index contributed by atoms with van der Waals surface area (Å²) in [5, 5.41) is 4.10. The largest absolute Gasteiger partial charge is 0.371 e. The minimum atomic E-state index is -3.29. The van der Waals surface area contributed by atoms with Gasteiger partial charge in [-0.05, 0) is 49.1 Å². The van der Waals surface area contributed by atoms with Crippen LogP contribution < -0.4 is 10.2 Å². The van der Waals surface area contributed by atoms with Crippen LogP contribution in [0.5, 0.6) is 0 Å². The van der Waals surface area contributed by atoms with Crippen molar-refractivity contribution in [3.05, 3.63) is 54.4 Å². The van der Waals surface area contributed by atoms with Crippen LogP contribution in [-0.4, -0.2) is 37.7 Å². The molecule has 1 saturated heterocycles. The molecule has 146 valence electrons. The molecule has 3 aromatic rings. The van der Waals surface area contributed by atoms with E-state index in [-0.39, 0.29) is 4.90 Å². The summed E-state index contributed by atoms with van der Waals surface area (Å²) in [5.74, 6) is 0.643. The lowest BCUT2D eigenvalue weighted by Crippen LogP contribution is -2.30. The van der Waals surface area contributed by atoms with E-state index in [1.165, 1.54) is 43.1 Å². The quantitative estimate of drug-likeness (QED) is 0.710. The number of benzene rings is 2. The van der Waals surface area contributed by atoms with Crippen molar-refractivity contribution in [2.24, 2.45) is 0 Å². The Hall–Kier alpha value is -2.67. The molecule has 0 bridgehead atoms. The monoisotopic (exact) mass is 396 g/mol. The van der Waals surface area contributed by atoms with Crippen LogP contribution >= 0.6 is 0 Å².